The molecule has 5 heteroatoms. The molecule has 116 valence electrons. The topological polar surface area (TPSA) is 49.0 Å². The first kappa shape index (κ1) is 15.5. The van der Waals surface area contributed by atoms with Crippen LogP contribution >= 0.6 is 15.9 Å². The van der Waals surface area contributed by atoms with Gasteiger partial charge >= 0.3 is 0 Å². The highest BCUT2D eigenvalue weighted by molar-refractivity contribution is 9.10. The molecule has 0 fully saturated rings. The number of aromatic nitrogens is 2. The molecular weight excluding hydrogens is 354 g/mol. The normalized spacial score (nSPS) is 11.3. The largest absolute Gasteiger partial charge is 0.383 e. The molecule has 0 aliphatic carbocycles. The van der Waals surface area contributed by atoms with Gasteiger partial charge in [0.15, 0.2) is 5.78 Å². The van der Waals surface area contributed by atoms with Gasteiger partial charge in [0, 0.05) is 42.0 Å². The summed E-state index contributed by atoms with van der Waals surface area (Å²) in [6.07, 6.45) is 3.31. The fourth-order valence-electron chi connectivity index (χ4n) is 2.22. The maximum Gasteiger partial charge on any atom is 0.187 e. The van der Waals surface area contributed by atoms with Crippen molar-refractivity contribution in [1.29, 1.82) is 0 Å². The second-order valence-corrected chi connectivity index (χ2v) is 6.38. The summed E-state index contributed by atoms with van der Waals surface area (Å²) >= 11 is 3.45. The number of halogens is 1. The Kier molecular flexibility index (Phi) is 4.30. The Bertz CT molecular complexity index is 879. The van der Waals surface area contributed by atoms with E-state index in [2.05, 4.69) is 25.9 Å². The molecule has 0 atom stereocenters. The lowest BCUT2D eigenvalue weighted by atomic mass is 10.1. The van der Waals surface area contributed by atoms with Crippen molar-refractivity contribution >= 4 is 32.7 Å². The minimum Gasteiger partial charge on any atom is -0.383 e. The summed E-state index contributed by atoms with van der Waals surface area (Å²) in [7, 11) is 3.76. The molecule has 4 nitrogen and oxygen atoms in total. The Morgan fingerprint density at radius 3 is 2.61 bits per heavy atom. The summed E-state index contributed by atoms with van der Waals surface area (Å²) in [4.78, 5) is 21.7. The smallest absolute Gasteiger partial charge is 0.187 e. The molecule has 0 saturated carbocycles. The Hall–Kier alpha value is -2.40. The lowest BCUT2D eigenvalue weighted by Gasteiger charge is -2.03. The van der Waals surface area contributed by atoms with Crippen molar-refractivity contribution in [3.8, 4) is 11.4 Å². The average molecular weight is 370 g/mol. The summed E-state index contributed by atoms with van der Waals surface area (Å²) in [6, 6.07) is 13.4. The van der Waals surface area contributed by atoms with Crippen LogP contribution in [0.15, 0.2) is 59.2 Å². The van der Waals surface area contributed by atoms with Gasteiger partial charge in [-0.1, -0.05) is 40.2 Å². The minimum atomic E-state index is -0.0150. The van der Waals surface area contributed by atoms with E-state index < -0.39 is 0 Å². The summed E-state index contributed by atoms with van der Waals surface area (Å²) in [5.41, 5.74) is 3.50. The number of benzene rings is 2. The second-order valence-electron chi connectivity index (χ2n) is 5.47. The fraction of sp³-hybridized carbons (Fsp3) is 0.111. The predicted molar refractivity (Wildman–Crippen MR) is 96.4 cm³/mol. The third kappa shape index (κ3) is 3.51. The first-order valence-electron chi connectivity index (χ1n) is 7.17. The highest BCUT2D eigenvalue weighted by Crippen LogP contribution is 2.23. The maximum atomic E-state index is 12.0. The van der Waals surface area contributed by atoms with E-state index >= 15 is 0 Å². The molecule has 0 amide bonds. The van der Waals surface area contributed by atoms with Gasteiger partial charge in [-0.15, -0.1) is 0 Å². The van der Waals surface area contributed by atoms with Crippen LogP contribution in [0.1, 0.15) is 10.4 Å². The minimum absolute atomic E-state index is 0.0150. The van der Waals surface area contributed by atoms with Crippen LogP contribution in [0.3, 0.4) is 0 Å². The van der Waals surface area contributed by atoms with Crippen molar-refractivity contribution in [2.75, 3.05) is 14.1 Å². The van der Waals surface area contributed by atoms with Crippen LogP contribution < -0.4 is 0 Å². The zero-order valence-corrected chi connectivity index (χ0v) is 14.5. The van der Waals surface area contributed by atoms with Gasteiger partial charge < -0.3 is 9.88 Å². The Morgan fingerprint density at radius 1 is 1.17 bits per heavy atom. The zero-order chi connectivity index (χ0) is 16.4. The molecule has 0 radical (unpaired) electrons. The summed E-state index contributed by atoms with van der Waals surface area (Å²) in [5, 5.41) is 0. The number of carbonyl (C=O) groups is 1. The van der Waals surface area contributed by atoms with Gasteiger partial charge in [0.25, 0.3) is 0 Å². The second kappa shape index (κ2) is 6.38. The van der Waals surface area contributed by atoms with Gasteiger partial charge in [-0.3, -0.25) is 4.79 Å². The van der Waals surface area contributed by atoms with Crippen LogP contribution in [0.2, 0.25) is 0 Å². The Morgan fingerprint density at radius 2 is 1.91 bits per heavy atom. The number of nitrogens with one attached hydrogen (secondary N) is 1. The number of aromatic amines is 1. The van der Waals surface area contributed by atoms with Crippen molar-refractivity contribution in [1.82, 2.24) is 14.9 Å². The summed E-state index contributed by atoms with van der Waals surface area (Å²) < 4.78 is 0.997. The number of hydrogen-bond acceptors (Lipinski definition) is 3. The molecule has 0 unspecified atom stereocenters. The van der Waals surface area contributed by atoms with E-state index in [9.17, 15) is 4.79 Å². The highest BCUT2D eigenvalue weighted by atomic mass is 79.9. The maximum absolute atomic E-state index is 12.0. The van der Waals surface area contributed by atoms with Gasteiger partial charge in [-0.05, 0) is 18.2 Å². The first-order chi connectivity index (χ1) is 11.0. The van der Waals surface area contributed by atoms with Crippen molar-refractivity contribution in [2.45, 2.75) is 0 Å². The van der Waals surface area contributed by atoms with Crippen LogP contribution in [0.25, 0.3) is 22.4 Å². The van der Waals surface area contributed by atoms with E-state index in [1.54, 1.807) is 12.3 Å². The van der Waals surface area contributed by atoms with Crippen molar-refractivity contribution in [2.24, 2.45) is 0 Å². The quantitative estimate of drug-likeness (QED) is 0.552. The van der Waals surface area contributed by atoms with Gasteiger partial charge in [-0.2, -0.15) is 0 Å². The number of rotatable bonds is 4. The number of nitrogens with zero attached hydrogens (tertiary/aromatic N) is 2. The first-order valence-corrected chi connectivity index (χ1v) is 7.97. The third-order valence-electron chi connectivity index (χ3n) is 3.41. The van der Waals surface area contributed by atoms with Gasteiger partial charge in [0.05, 0.1) is 11.0 Å². The SMILES string of the molecule is CN(C)/C=C/C(=O)c1ccc(-c2nc3cc(Br)ccc3[nH]2)cc1. The molecule has 0 spiro atoms. The molecule has 0 aliphatic rings. The summed E-state index contributed by atoms with van der Waals surface area (Å²) in [5.74, 6) is 0.778. The van der Waals surface area contributed by atoms with Crippen LogP contribution in [-0.4, -0.2) is 34.7 Å². The van der Waals surface area contributed by atoms with Crippen molar-refractivity contribution in [3.05, 3.63) is 64.8 Å². The third-order valence-corrected chi connectivity index (χ3v) is 3.91. The molecule has 3 rings (SSSR count). The Labute approximate surface area is 143 Å². The van der Waals surface area contributed by atoms with Crippen LogP contribution in [-0.2, 0) is 0 Å². The van der Waals surface area contributed by atoms with Gasteiger partial charge in [-0.25, -0.2) is 4.98 Å². The molecule has 0 bridgehead atoms. The summed E-state index contributed by atoms with van der Waals surface area (Å²) in [6.45, 7) is 0. The lowest BCUT2D eigenvalue weighted by molar-refractivity contribution is 0.104. The highest BCUT2D eigenvalue weighted by Gasteiger charge is 2.07. The number of imidazole rings is 1. The van der Waals surface area contributed by atoms with E-state index in [-0.39, 0.29) is 5.78 Å². The number of fused-ring (bicyclic) bond motifs is 1. The molecule has 0 saturated heterocycles. The molecule has 23 heavy (non-hydrogen) atoms. The number of hydrogen-bond donors (Lipinski definition) is 1. The van der Waals surface area contributed by atoms with Gasteiger partial charge in [0.1, 0.15) is 5.82 Å². The molecule has 1 heterocycles. The van der Waals surface area contributed by atoms with Crippen LogP contribution in [0.4, 0.5) is 0 Å². The van der Waals surface area contributed by atoms with Gasteiger partial charge in [0.2, 0.25) is 0 Å². The molecule has 3 aromatic rings. The van der Waals surface area contributed by atoms with E-state index in [1.165, 1.54) is 0 Å². The van der Waals surface area contributed by atoms with E-state index in [0.29, 0.717) is 5.56 Å². The number of carbonyl (C=O) groups excluding carboxylic acids is 1. The zero-order valence-electron chi connectivity index (χ0n) is 12.9. The molecule has 0 aliphatic heterocycles. The van der Waals surface area contributed by atoms with Crippen LogP contribution in [0, 0.1) is 0 Å². The average Bonchev–Trinajstić information content (AvgIpc) is 2.95. The number of ketones is 1. The Balaban J connectivity index is 1.87. The predicted octanol–water partition coefficient (Wildman–Crippen LogP) is 4.25. The lowest BCUT2D eigenvalue weighted by Crippen LogP contribution is -2.03. The molecule has 1 aromatic heterocycles. The number of H-pyrrole nitrogens is 1. The van der Waals surface area contributed by atoms with E-state index in [0.717, 1.165) is 26.9 Å². The van der Waals surface area contributed by atoms with Crippen molar-refractivity contribution < 1.29 is 4.79 Å². The molecular formula is C18H16BrN3O. The van der Waals surface area contributed by atoms with E-state index in [1.807, 2.05) is 61.5 Å². The molecule has 1 N–H and O–H groups in total. The van der Waals surface area contributed by atoms with Crippen molar-refractivity contribution in [3.63, 3.8) is 0 Å². The van der Waals surface area contributed by atoms with E-state index in [4.69, 9.17) is 0 Å². The molecule has 2 aromatic carbocycles. The standard InChI is InChI=1S/C18H16BrN3O/c1-22(2)10-9-17(23)12-3-5-13(6-4-12)18-20-15-8-7-14(19)11-16(15)21-18/h3-11H,1-2H3,(H,20,21)/b10-9+. The fourth-order valence-corrected chi connectivity index (χ4v) is 2.57. The number of allylic oxidation sites excluding steroid dienone is 1. The van der Waals surface area contributed by atoms with Crippen LogP contribution in [0.5, 0.6) is 0 Å². The monoisotopic (exact) mass is 369 g/mol.